The second kappa shape index (κ2) is 59.4. The van der Waals surface area contributed by atoms with Gasteiger partial charge in [0.25, 0.3) is 0 Å². The van der Waals surface area contributed by atoms with E-state index in [1.165, 1.54) is 180 Å². The summed E-state index contributed by atoms with van der Waals surface area (Å²) in [7, 11) is 0. The number of amides is 1. The lowest BCUT2D eigenvalue weighted by atomic mass is 10.0. The van der Waals surface area contributed by atoms with Crippen LogP contribution in [0.25, 0.3) is 0 Å². The Labute approximate surface area is 429 Å². The Balaban J connectivity index is 3.55. The van der Waals surface area contributed by atoms with Gasteiger partial charge in [-0.2, -0.15) is 0 Å². The maximum Gasteiger partial charge on any atom is 0.220 e. The minimum Gasteiger partial charge on any atom is -0.394 e. The molecule has 0 aliphatic carbocycles. The van der Waals surface area contributed by atoms with E-state index >= 15 is 0 Å². The van der Waals surface area contributed by atoms with Gasteiger partial charge in [-0.25, -0.2) is 0 Å². The van der Waals surface area contributed by atoms with Gasteiger partial charge in [0.2, 0.25) is 5.91 Å². The normalized spacial score (nSPS) is 13.6. The van der Waals surface area contributed by atoms with Gasteiger partial charge in [-0.15, -0.1) is 0 Å². The summed E-state index contributed by atoms with van der Waals surface area (Å²) in [5.41, 5.74) is 0. The van der Waals surface area contributed by atoms with E-state index in [4.69, 9.17) is 0 Å². The van der Waals surface area contributed by atoms with Crippen LogP contribution in [0.15, 0.2) is 109 Å². The molecule has 0 aliphatic rings. The molecular formula is C65H113NO3. The third kappa shape index (κ3) is 55.8. The summed E-state index contributed by atoms with van der Waals surface area (Å²) in [6.45, 7) is 4.19. The monoisotopic (exact) mass is 956 g/mol. The fraction of sp³-hybridized carbons (Fsp3) is 0.708. The van der Waals surface area contributed by atoms with Gasteiger partial charge in [0.1, 0.15) is 0 Å². The summed E-state index contributed by atoms with van der Waals surface area (Å²) < 4.78 is 0. The number of aliphatic hydroxyl groups is 2. The smallest absolute Gasteiger partial charge is 0.220 e. The molecular weight excluding hydrogens is 843 g/mol. The molecule has 3 N–H and O–H groups in total. The summed E-state index contributed by atoms with van der Waals surface area (Å²) in [4.78, 5) is 12.5. The zero-order chi connectivity index (χ0) is 49.9. The van der Waals surface area contributed by atoms with Gasteiger partial charge in [0, 0.05) is 6.42 Å². The largest absolute Gasteiger partial charge is 0.394 e. The molecule has 0 radical (unpaired) electrons. The molecule has 0 bridgehead atoms. The number of carbonyl (C=O) groups excluding carboxylic acids is 1. The second-order valence-electron chi connectivity index (χ2n) is 19.7. The standard InChI is InChI=1S/C65H113NO3/c1-3-5-7-9-11-13-15-17-19-21-23-25-26-27-28-29-30-31-32-33-34-35-36-37-38-39-40-41-43-45-47-49-51-53-55-57-59-61-65(69)66-63(62-67)64(68)60-58-56-54-52-50-48-46-44-42-24-22-20-18-16-14-12-10-8-6-4-2/h5,7,11,13,17,19,23,25,27-28,30-31,33-34,50,52,58,60,63-64,67-68H,3-4,6,8-10,12,14-16,18,20-22,24,26,29,32,35-49,51,53-57,59,61-62H2,1-2H3,(H,66,69)/b7-5-,13-11-,19-17-,25-23-,28-27-,31-30-,34-33-,52-50+,60-58+. The minimum absolute atomic E-state index is 0.0755. The molecule has 2 atom stereocenters. The molecule has 0 fully saturated rings. The van der Waals surface area contributed by atoms with Crippen LogP contribution in [-0.2, 0) is 4.79 Å². The molecule has 4 nitrogen and oxygen atoms in total. The Bertz CT molecular complexity index is 1310. The maximum absolute atomic E-state index is 12.5. The predicted molar refractivity (Wildman–Crippen MR) is 308 cm³/mol. The van der Waals surface area contributed by atoms with Gasteiger partial charge in [0.15, 0.2) is 0 Å². The molecule has 4 heteroatoms. The van der Waals surface area contributed by atoms with Gasteiger partial charge in [0.05, 0.1) is 18.8 Å². The first kappa shape index (κ1) is 66.0. The van der Waals surface area contributed by atoms with Crippen LogP contribution >= 0.6 is 0 Å². The van der Waals surface area contributed by atoms with Crippen LogP contribution in [0.2, 0.25) is 0 Å². The van der Waals surface area contributed by atoms with Crippen molar-refractivity contribution in [1.82, 2.24) is 5.32 Å². The maximum atomic E-state index is 12.5. The van der Waals surface area contributed by atoms with E-state index in [1.54, 1.807) is 6.08 Å². The highest BCUT2D eigenvalue weighted by Gasteiger charge is 2.18. The van der Waals surface area contributed by atoms with Crippen LogP contribution in [0.4, 0.5) is 0 Å². The molecule has 396 valence electrons. The van der Waals surface area contributed by atoms with Crippen molar-refractivity contribution < 1.29 is 15.0 Å². The SMILES string of the molecule is CC/C=C\C/C=C\C/C=C\C/C=C\C/C=C\C/C=C\C/C=C\CCCCCCCCCCCCCCCCCC(=O)NC(CO)C(O)/C=C/CC/C=C/CCCCCCCCCCCCCCCC. The summed E-state index contributed by atoms with van der Waals surface area (Å²) in [6.07, 6.45) is 89.7. The van der Waals surface area contributed by atoms with Crippen molar-refractivity contribution in [3.8, 4) is 0 Å². The van der Waals surface area contributed by atoms with Crippen LogP contribution in [-0.4, -0.2) is 34.9 Å². The van der Waals surface area contributed by atoms with Crippen molar-refractivity contribution >= 4 is 5.91 Å². The van der Waals surface area contributed by atoms with E-state index in [2.05, 4.69) is 116 Å². The van der Waals surface area contributed by atoms with Gasteiger partial charge in [-0.05, 0) is 89.9 Å². The van der Waals surface area contributed by atoms with E-state index in [0.717, 1.165) is 77.0 Å². The Morgan fingerprint density at radius 1 is 0.362 bits per heavy atom. The molecule has 0 saturated heterocycles. The third-order valence-corrected chi connectivity index (χ3v) is 13.0. The van der Waals surface area contributed by atoms with Crippen molar-refractivity contribution in [3.63, 3.8) is 0 Å². The summed E-state index contributed by atoms with van der Waals surface area (Å²) >= 11 is 0. The fourth-order valence-electron chi connectivity index (χ4n) is 8.53. The Kier molecular flexibility index (Phi) is 56.8. The minimum atomic E-state index is -0.868. The number of rotatable bonds is 53. The highest BCUT2D eigenvalue weighted by molar-refractivity contribution is 5.76. The summed E-state index contributed by atoms with van der Waals surface area (Å²) in [5.74, 6) is -0.0755. The number of unbranched alkanes of at least 4 members (excludes halogenated alkanes) is 30. The molecule has 0 aromatic rings. The molecule has 0 heterocycles. The predicted octanol–water partition coefficient (Wildman–Crippen LogP) is 19.9. The van der Waals surface area contributed by atoms with Crippen molar-refractivity contribution in [2.24, 2.45) is 0 Å². The number of hydrogen-bond acceptors (Lipinski definition) is 3. The van der Waals surface area contributed by atoms with Gasteiger partial charge >= 0.3 is 0 Å². The van der Waals surface area contributed by atoms with Crippen molar-refractivity contribution in [3.05, 3.63) is 109 Å². The molecule has 0 aromatic carbocycles. The van der Waals surface area contributed by atoms with E-state index in [1.807, 2.05) is 6.08 Å². The van der Waals surface area contributed by atoms with Crippen LogP contribution in [0, 0.1) is 0 Å². The average Bonchev–Trinajstić information content (AvgIpc) is 3.35. The number of allylic oxidation sites excluding steroid dienone is 17. The Hall–Kier alpha value is -2.95. The molecule has 0 aromatic heterocycles. The molecule has 0 saturated carbocycles. The lowest BCUT2D eigenvalue weighted by molar-refractivity contribution is -0.123. The van der Waals surface area contributed by atoms with Crippen molar-refractivity contribution in [2.75, 3.05) is 6.61 Å². The molecule has 0 aliphatic heterocycles. The van der Waals surface area contributed by atoms with Crippen LogP contribution in [0.1, 0.15) is 277 Å². The Morgan fingerprint density at radius 3 is 1.01 bits per heavy atom. The van der Waals surface area contributed by atoms with E-state index in [-0.39, 0.29) is 12.5 Å². The molecule has 69 heavy (non-hydrogen) atoms. The summed E-state index contributed by atoms with van der Waals surface area (Å²) in [6, 6.07) is -0.645. The lowest BCUT2D eigenvalue weighted by Crippen LogP contribution is -2.45. The zero-order valence-electron chi connectivity index (χ0n) is 45.5. The molecule has 2 unspecified atom stereocenters. The number of hydrogen-bond donors (Lipinski definition) is 3. The van der Waals surface area contributed by atoms with Crippen molar-refractivity contribution in [2.45, 2.75) is 289 Å². The topological polar surface area (TPSA) is 69.6 Å². The highest BCUT2D eigenvalue weighted by atomic mass is 16.3. The second-order valence-corrected chi connectivity index (χ2v) is 19.7. The summed E-state index contributed by atoms with van der Waals surface area (Å²) in [5, 5.41) is 23.2. The van der Waals surface area contributed by atoms with Gasteiger partial charge in [-0.3, -0.25) is 4.79 Å². The number of aliphatic hydroxyl groups excluding tert-OH is 2. The van der Waals surface area contributed by atoms with Crippen LogP contribution in [0.5, 0.6) is 0 Å². The first-order valence-electron chi connectivity index (χ1n) is 29.6. The first-order chi connectivity index (χ1) is 34.2. The molecule has 0 spiro atoms. The number of nitrogens with one attached hydrogen (secondary N) is 1. The van der Waals surface area contributed by atoms with E-state index in [0.29, 0.717) is 6.42 Å². The average molecular weight is 957 g/mol. The van der Waals surface area contributed by atoms with Crippen LogP contribution < -0.4 is 5.32 Å². The van der Waals surface area contributed by atoms with E-state index in [9.17, 15) is 15.0 Å². The molecule has 1 amide bonds. The van der Waals surface area contributed by atoms with Gasteiger partial charge in [-0.1, -0.05) is 290 Å². The molecule has 0 rings (SSSR count). The van der Waals surface area contributed by atoms with Crippen LogP contribution in [0.3, 0.4) is 0 Å². The Morgan fingerprint density at radius 2 is 0.652 bits per heavy atom. The van der Waals surface area contributed by atoms with Gasteiger partial charge < -0.3 is 15.5 Å². The third-order valence-electron chi connectivity index (χ3n) is 13.0. The fourth-order valence-corrected chi connectivity index (χ4v) is 8.53. The number of carbonyl (C=O) groups is 1. The van der Waals surface area contributed by atoms with Crippen molar-refractivity contribution in [1.29, 1.82) is 0 Å². The quantitative estimate of drug-likeness (QED) is 0.0420. The zero-order valence-corrected chi connectivity index (χ0v) is 45.5. The lowest BCUT2D eigenvalue weighted by Gasteiger charge is -2.19. The highest BCUT2D eigenvalue weighted by Crippen LogP contribution is 2.16. The van der Waals surface area contributed by atoms with E-state index < -0.39 is 12.1 Å². The first-order valence-corrected chi connectivity index (χ1v) is 29.6.